The van der Waals surface area contributed by atoms with Gasteiger partial charge in [0.15, 0.2) is 0 Å². The van der Waals surface area contributed by atoms with Crippen LogP contribution in [0.5, 0.6) is 0 Å². The minimum atomic E-state index is -4.20. The van der Waals surface area contributed by atoms with Gasteiger partial charge in [-0.1, -0.05) is 0 Å². The van der Waals surface area contributed by atoms with E-state index in [2.05, 4.69) is 0 Å². The van der Waals surface area contributed by atoms with Crippen LogP contribution in [0.25, 0.3) is 0 Å². The van der Waals surface area contributed by atoms with Crippen molar-refractivity contribution in [2.45, 2.75) is 25.4 Å². The highest BCUT2D eigenvalue weighted by Crippen LogP contribution is 2.19. The second kappa shape index (κ2) is 6.17. The minimum Gasteiger partial charge on any atom is -0.341 e. The summed E-state index contributed by atoms with van der Waals surface area (Å²) in [6.07, 6.45) is -4.43. The monoisotopic (exact) mass is 266 g/mol. The van der Waals surface area contributed by atoms with E-state index in [9.17, 15) is 22.8 Å². The van der Waals surface area contributed by atoms with Crippen LogP contribution >= 0.6 is 0 Å². The molecule has 104 valence electrons. The number of rotatable bonds is 4. The molecule has 1 fully saturated rings. The van der Waals surface area contributed by atoms with Gasteiger partial charge in [0.2, 0.25) is 5.91 Å². The van der Waals surface area contributed by atoms with Gasteiger partial charge in [0.25, 0.3) is 0 Å². The smallest absolute Gasteiger partial charge is 0.341 e. The summed E-state index contributed by atoms with van der Waals surface area (Å²) in [6, 6.07) is 0. The zero-order valence-electron chi connectivity index (χ0n) is 10.3. The molecule has 0 aromatic rings. The molecule has 1 aliphatic heterocycles. The van der Waals surface area contributed by atoms with Crippen LogP contribution in [-0.2, 0) is 9.59 Å². The zero-order valence-corrected chi connectivity index (χ0v) is 10.3. The molecule has 1 aliphatic rings. The van der Waals surface area contributed by atoms with Crippen molar-refractivity contribution in [1.82, 2.24) is 9.80 Å². The largest absolute Gasteiger partial charge is 0.390 e. The first-order chi connectivity index (χ1) is 8.28. The Hall–Kier alpha value is -1.11. The van der Waals surface area contributed by atoms with Gasteiger partial charge in [0.05, 0.1) is 13.0 Å². The molecule has 0 saturated carbocycles. The van der Waals surface area contributed by atoms with Gasteiger partial charge in [0.1, 0.15) is 5.78 Å². The maximum Gasteiger partial charge on any atom is 0.390 e. The molecule has 0 bridgehead atoms. The number of alkyl halides is 3. The Morgan fingerprint density at radius 2 is 1.89 bits per heavy atom. The van der Waals surface area contributed by atoms with E-state index in [1.807, 2.05) is 0 Å². The van der Waals surface area contributed by atoms with E-state index in [1.165, 1.54) is 16.8 Å². The Bertz CT molecular complexity index is 308. The molecule has 0 aliphatic carbocycles. The number of ketones is 1. The van der Waals surface area contributed by atoms with Crippen LogP contribution in [0.15, 0.2) is 0 Å². The lowest BCUT2D eigenvalue weighted by molar-refractivity contribution is -0.142. The molecule has 18 heavy (non-hydrogen) atoms. The van der Waals surface area contributed by atoms with Gasteiger partial charge in [-0.15, -0.1) is 0 Å². The Morgan fingerprint density at radius 3 is 2.39 bits per heavy atom. The van der Waals surface area contributed by atoms with Crippen LogP contribution in [-0.4, -0.2) is 60.9 Å². The summed E-state index contributed by atoms with van der Waals surface area (Å²) < 4.78 is 36.0. The maximum atomic E-state index is 12.0. The molecule has 0 spiro atoms. The predicted molar refractivity (Wildman–Crippen MR) is 59.0 cm³/mol. The summed E-state index contributed by atoms with van der Waals surface area (Å²) in [4.78, 5) is 25.6. The Morgan fingerprint density at radius 1 is 1.33 bits per heavy atom. The molecule has 7 heteroatoms. The minimum absolute atomic E-state index is 0.0374. The number of likely N-dealkylation sites (N-methyl/N-ethyl adjacent to an activating group) is 1. The lowest BCUT2D eigenvalue weighted by Gasteiger charge is -2.28. The van der Waals surface area contributed by atoms with Gasteiger partial charge in [-0.05, 0) is 7.05 Å². The molecule has 0 radical (unpaired) electrons. The molecule has 0 N–H and O–H groups in total. The molecule has 1 rings (SSSR count). The zero-order chi connectivity index (χ0) is 13.8. The summed E-state index contributed by atoms with van der Waals surface area (Å²) in [6.45, 7) is 0.530. The fourth-order valence-electron chi connectivity index (χ4n) is 1.73. The summed E-state index contributed by atoms with van der Waals surface area (Å²) in [5.74, 6) is -0.0864. The van der Waals surface area contributed by atoms with Crippen LogP contribution in [0.2, 0.25) is 0 Å². The van der Waals surface area contributed by atoms with Gasteiger partial charge < -0.3 is 4.90 Å². The molecule has 1 saturated heterocycles. The Labute approximate surface area is 104 Å². The van der Waals surface area contributed by atoms with Crippen molar-refractivity contribution in [3.05, 3.63) is 0 Å². The number of carbonyl (C=O) groups excluding carboxylic acids is 2. The SMILES string of the molecule is CN(CCC(F)(F)F)CC(=O)N1CCC(=O)CC1. The first-order valence-corrected chi connectivity index (χ1v) is 5.83. The fourth-order valence-corrected chi connectivity index (χ4v) is 1.73. The molecular formula is C11H17F3N2O2. The normalized spacial score (nSPS) is 17.4. The lowest BCUT2D eigenvalue weighted by atomic mass is 10.1. The van der Waals surface area contributed by atoms with E-state index in [0.29, 0.717) is 25.9 Å². The highest BCUT2D eigenvalue weighted by Gasteiger charge is 2.28. The number of amides is 1. The van der Waals surface area contributed by atoms with Crippen molar-refractivity contribution in [3.8, 4) is 0 Å². The first kappa shape index (κ1) is 14.9. The number of likely N-dealkylation sites (tertiary alicyclic amines) is 1. The topological polar surface area (TPSA) is 40.6 Å². The van der Waals surface area contributed by atoms with Crippen molar-refractivity contribution in [2.75, 3.05) is 33.2 Å². The number of hydrogen-bond acceptors (Lipinski definition) is 3. The van der Waals surface area contributed by atoms with Crippen molar-refractivity contribution in [1.29, 1.82) is 0 Å². The number of halogens is 3. The summed E-state index contributed by atoms with van der Waals surface area (Å²) in [5, 5.41) is 0. The summed E-state index contributed by atoms with van der Waals surface area (Å²) >= 11 is 0. The van der Waals surface area contributed by atoms with Crippen LogP contribution in [0.1, 0.15) is 19.3 Å². The van der Waals surface area contributed by atoms with E-state index in [4.69, 9.17) is 0 Å². The molecule has 0 atom stereocenters. The van der Waals surface area contributed by atoms with E-state index in [0.717, 1.165) is 0 Å². The summed E-state index contributed by atoms with van der Waals surface area (Å²) in [7, 11) is 1.48. The second-order valence-corrected chi connectivity index (χ2v) is 4.52. The van der Waals surface area contributed by atoms with Gasteiger partial charge in [-0.25, -0.2) is 0 Å². The molecule has 1 heterocycles. The van der Waals surface area contributed by atoms with E-state index in [-0.39, 0.29) is 24.8 Å². The summed E-state index contributed by atoms with van der Waals surface area (Å²) in [5.41, 5.74) is 0. The van der Waals surface area contributed by atoms with E-state index < -0.39 is 12.6 Å². The molecule has 0 unspecified atom stereocenters. The standard InChI is InChI=1S/C11H17F3N2O2/c1-15(7-4-11(12,13)14)8-10(18)16-5-2-9(17)3-6-16/h2-8H2,1H3. The number of hydrogen-bond donors (Lipinski definition) is 0. The first-order valence-electron chi connectivity index (χ1n) is 5.83. The van der Waals surface area contributed by atoms with Crippen molar-refractivity contribution >= 4 is 11.7 Å². The highest BCUT2D eigenvalue weighted by molar-refractivity contribution is 5.84. The van der Waals surface area contributed by atoms with Gasteiger partial charge >= 0.3 is 6.18 Å². The van der Waals surface area contributed by atoms with Crippen LogP contribution in [0.3, 0.4) is 0 Å². The Balaban J connectivity index is 2.29. The molecule has 1 amide bonds. The van der Waals surface area contributed by atoms with Crippen molar-refractivity contribution in [3.63, 3.8) is 0 Å². The average Bonchev–Trinajstić information content (AvgIpc) is 2.26. The lowest BCUT2D eigenvalue weighted by Crippen LogP contribution is -2.43. The van der Waals surface area contributed by atoms with Crippen LogP contribution in [0, 0.1) is 0 Å². The van der Waals surface area contributed by atoms with Crippen molar-refractivity contribution < 1.29 is 22.8 Å². The third-order valence-electron chi connectivity index (χ3n) is 2.86. The maximum absolute atomic E-state index is 12.0. The third-order valence-corrected chi connectivity index (χ3v) is 2.86. The van der Waals surface area contributed by atoms with Crippen LogP contribution < -0.4 is 0 Å². The second-order valence-electron chi connectivity index (χ2n) is 4.52. The highest BCUT2D eigenvalue weighted by atomic mass is 19.4. The fraction of sp³-hybridized carbons (Fsp3) is 0.818. The molecule has 0 aromatic carbocycles. The Kier molecular flexibility index (Phi) is 5.13. The van der Waals surface area contributed by atoms with Gasteiger partial charge in [0, 0.05) is 32.5 Å². The predicted octanol–water partition coefficient (Wildman–Crippen LogP) is 1.06. The number of carbonyl (C=O) groups is 2. The number of piperidine rings is 1. The van der Waals surface area contributed by atoms with Gasteiger partial charge in [-0.2, -0.15) is 13.2 Å². The van der Waals surface area contributed by atoms with Gasteiger partial charge in [-0.3, -0.25) is 14.5 Å². The van der Waals surface area contributed by atoms with E-state index in [1.54, 1.807) is 0 Å². The molecular weight excluding hydrogens is 249 g/mol. The van der Waals surface area contributed by atoms with Crippen molar-refractivity contribution in [2.24, 2.45) is 0 Å². The molecule has 0 aromatic heterocycles. The number of nitrogens with zero attached hydrogens (tertiary/aromatic N) is 2. The number of Topliss-reactive ketones (excluding diaryl/α,β-unsaturated/α-hetero) is 1. The average molecular weight is 266 g/mol. The molecule has 4 nitrogen and oxygen atoms in total. The third kappa shape index (κ3) is 5.48. The van der Waals surface area contributed by atoms with E-state index >= 15 is 0 Å². The quantitative estimate of drug-likeness (QED) is 0.764. The van der Waals surface area contributed by atoms with Crippen LogP contribution in [0.4, 0.5) is 13.2 Å².